The Kier molecular flexibility index (Phi) is 5.48. The number of hydrogen-bond donors (Lipinski definition) is 3. The molecule has 1 atom stereocenters. The Bertz CT molecular complexity index is 733. The first-order chi connectivity index (χ1) is 12.5. The molecule has 0 aliphatic carbocycles. The van der Waals surface area contributed by atoms with E-state index >= 15 is 0 Å². The lowest BCUT2D eigenvalue weighted by atomic mass is 9.79. The molecule has 1 saturated heterocycles. The van der Waals surface area contributed by atoms with Gasteiger partial charge in [-0.1, -0.05) is 6.07 Å². The smallest absolute Gasteiger partial charge is 0.522 e. The van der Waals surface area contributed by atoms with Crippen LogP contribution in [0, 0.1) is 0 Å². The van der Waals surface area contributed by atoms with Crippen LogP contribution in [-0.4, -0.2) is 61.4 Å². The first-order valence-electron chi connectivity index (χ1n) is 8.54. The summed E-state index contributed by atoms with van der Waals surface area (Å²) in [5.74, 6) is 1.09. The van der Waals surface area contributed by atoms with Crippen LogP contribution in [0.4, 0.5) is 0 Å². The maximum absolute atomic E-state index is 12.4. The molecule has 2 heterocycles. The minimum Gasteiger partial charge on any atom is -0.536 e. The van der Waals surface area contributed by atoms with E-state index in [4.69, 9.17) is 20.9 Å². The first-order valence-corrected chi connectivity index (χ1v) is 8.54. The lowest BCUT2D eigenvalue weighted by Crippen LogP contribution is -2.60. The second-order valence-corrected chi connectivity index (χ2v) is 6.40. The molecule has 0 radical (unpaired) electrons. The van der Waals surface area contributed by atoms with Gasteiger partial charge in [0.1, 0.15) is 23.6 Å². The number of nitrogens with two attached hydrogens (primary N) is 2. The van der Waals surface area contributed by atoms with Gasteiger partial charge in [0.25, 0.3) is 0 Å². The zero-order valence-corrected chi connectivity index (χ0v) is 14.7. The normalized spacial score (nSPS) is 19.0. The van der Waals surface area contributed by atoms with E-state index in [9.17, 15) is 9.82 Å². The molecule has 1 amide bonds. The SMILES string of the molecule is CN=CC(=CN)C(N)C(=O)N1CC(Oc2ccc3c(c2)OB(O)CC3)C1. The maximum atomic E-state index is 12.4. The highest BCUT2D eigenvalue weighted by Crippen LogP contribution is 2.31. The fourth-order valence-corrected chi connectivity index (χ4v) is 3.01. The topological polar surface area (TPSA) is 123 Å². The Hall–Kier alpha value is -2.52. The summed E-state index contributed by atoms with van der Waals surface area (Å²) in [6.07, 6.45) is 4.04. The Balaban J connectivity index is 1.54. The Morgan fingerprint density at radius 1 is 1.54 bits per heavy atom. The molecule has 1 aromatic carbocycles. The summed E-state index contributed by atoms with van der Waals surface area (Å²) < 4.78 is 11.3. The van der Waals surface area contributed by atoms with Gasteiger partial charge in [-0.3, -0.25) is 9.79 Å². The van der Waals surface area contributed by atoms with Gasteiger partial charge >= 0.3 is 7.12 Å². The van der Waals surface area contributed by atoms with Gasteiger partial charge in [-0.15, -0.1) is 0 Å². The summed E-state index contributed by atoms with van der Waals surface area (Å²) >= 11 is 0. The summed E-state index contributed by atoms with van der Waals surface area (Å²) in [7, 11) is 0.822. The van der Waals surface area contributed by atoms with Crippen LogP contribution in [0.3, 0.4) is 0 Å². The molecule has 1 fully saturated rings. The highest BCUT2D eigenvalue weighted by Gasteiger charge is 2.35. The Morgan fingerprint density at radius 2 is 2.31 bits per heavy atom. The monoisotopic (exact) mass is 358 g/mol. The number of aryl methyl sites for hydroxylation is 1. The van der Waals surface area contributed by atoms with Crippen molar-refractivity contribution in [1.29, 1.82) is 0 Å². The lowest BCUT2D eigenvalue weighted by molar-refractivity contribution is -0.140. The number of carbonyl (C=O) groups is 1. The predicted molar refractivity (Wildman–Crippen MR) is 99.2 cm³/mol. The summed E-state index contributed by atoms with van der Waals surface area (Å²) in [5.41, 5.74) is 13.0. The van der Waals surface area contributed by atoms with E-state index in [1.165, 1.54) is 12.4 Å². The van der Waals surface area contributed by atoms with E-state index in [1.807, 2.05) is 12.1 Å². The van der Waals surface area contributed by atoms with E-state index in [0.717, 1.165) is 12.0 Å². The summed E-state index contributed by atoms with van der Waals surface area (Å²) in [6, 6.07) is 4.77. The molecule has 8 nitrogen and oxygen atoms in total. The van der Waals surface area contributed by atoms with Gasteiger partial charge < -0.3 is 30.8 Å². The number of hydrogen-bond acceptors (Lipinski definition) is 7. The minimum absolute atomic E-state index is 0.108. The van der Waals surface area contributed by atoms with Crippen molar-refractivity contribution >= 4 is 19.2 Å². The van der Waals surface area contributed by atoms with Crippen molar-refractivity contribution in [3.8, 4) is 11.5 Å². The van der Waals surface area contributed by atoms with Crippen molar-refractivity contribution < 1.29 is 19.2 Å². The van der Waals surface area contributed by atoms with Crippen molar-refractivity contribution in [2.24, 2.45) is 16.5 Å². The molecule has 1 aromatic rings. The summed E-state index contributed by atoms with van der Waals surface area (Å²) in [5, 5.41) is 9.60. The average Bonchev–Trinajstić information content (AvgIpc) is 2.60. The molecule has 3 rings (SSSR count). The molecule has 2 aliphatic rings. The van der Waals surface area contributed by atoms with Gasteiger partial charge in [0, 0.05) is 31.1 Å². The second kappa shape index (κ2) is 7.80. The van der Waals surface area contributed by atoms with Crippen LogP contribution in [0.15, 0.2) is 35.0 Å². The van der Waals surface area contributed by atoms with Gasteiger partial charge in [0.05, 0.1) is 13.1 Å². The standard InChI is InChI=1S/C17H23BN4O4/c1-21-8-12(7-19)16(20)17(23)22-9-14(10-22)25-13-3-2-11-4-5-18(24)26-15(11)6-13/h2-3,6-8,14,16,24H,4-5,9-10,19-20H2,1H3. The van der Waals surface area contributed by atoms with Gasteiger partial charge in [0.2, 0.25) is 5.91 Å². The fraction of sp³-hybridized carbons (Fsp3) is 0.412. The minimum atomic E-state index is -0.830. The summed E-state index contributed by atoms with van der Waals surface area (Å²) in [4.78, 5) is 17.8. The van der Waals surface area contributed by atoms with E-state index in [2.05, 4.69) is 4.99 Å². The number of carbonyl (C=O) groups excluding carboxylic acids is 1. The largest absolute Gasteiger partial charge is 0.536 e. The van der Waals surface area contributed by atoms with Gasteiger partial charge in [0.15, 0.2) is 0 Å². The van der Waals surface area contributed by atoms with Crippen LogP contribution in [0.2, 0.25) is 6.32 Å². The zero-order valence-electron chi connectivity index (χ0n) is 14.7. The molecule has 1 unspecified atom stereocenters. The number of likely N-dealkylation sites (tertiary alicyclic amines) is 1. The van der Waals surface area contributed by atoms with E-state index < -0.39 is 13.2 Å². The third-order valence-corrected chi connectivity index (χ3v) is 4.52. The van der Waals surface area contributed by atoms with Crippen LogP contribution in [0.5, 0.6) is 11.5 Å². The van der Waals surface area contributed by atoms with Gasteiger partial charge in [-0.2, -0.15) is 0 Å². The molecular weight excluding hydrogens is 335 g/mol. The van der Waals surface area contributed by atoms with Crippen molar-refractivity contribution in [1.82, 2.24) is 4.90 Å². The molecule has 2 aliphatic heterocycles. The zero-order chi connectivity index (χ0) is 18.7. The number of ether oxygens (including phenoxy) is 1. The van der Waals surface area contributed by atoms with Crippen LogP contribution < -0.4 is 20.9 Å². The molecule has 9 heteroatoms. The number of benzene rings is 1. The fourth-order valence-electron chi connectivity index (χ4n) is 3.01. The third-order valence-electron chi connectivity index (χ3n) is 4.52. The van der Waals surface area contributed by atoms with Gasteiger partial charge in [-0.05, 0) is 24.4 Å². The highest BCUT2D eigenvalue weighted by molar-refractivity contribution is 6.44. The molecule has 0 aromatic heterocycles. The number of aliphatic imine (C=N–C) groups is 1. The molecule has 5 N–H and O–H groups in total. The van der Waals surface area contributed by atoms with Gasteiger partial charge in [-0.25, -0.2) is 0 Å². The van der Waals surface area contributed by atoms with Crippen LogP contribution in [-0.2, 0) is 11.2 Å². The third kappa shape index (κ3) is 3.84. The first kappa shape index (κ1) is 18.3. The van der Waals surface area contributed by atoms with Crippen molar-refractivity contribution in [2.45, 2.75) is 24.9 Å². The molecule has 26 heavy (non-hydrogen) atoms. The average molecular weight is 358 g/mol. The van der Waals surface area contributed by atoms with Crippen molar-refractivity contribution in [2.75, 3.05) is 20.1 Å². The lowest BCUT2D eigenvalue weighted by Gasteiger charge is -2.40. The van der Waals surface area contributed by atoms with E-state index in [-0.39, 0.29) is 12.0 Å². The molecular formula is C17H23BN4O4. The van der Waals surface area contributed by atoms with Crippen LogP contribution >= 0.6 is 0 Å². The molecule has 0 spiro atoms. The number of nitrogens with zero attached hydrogens (tertiary/aromatic N) is 2. The molecule has 138 valence electrons. The number of rotatable bonds is 5. The van der Waals surface area contributed by atoms with Crippen molar-refractivity contribution in [3.05, 3.63) is 35.5 Å². The Labute approximate surface area is 152 Å². The number of amides is 1. The second-order valence-electron chi connectivity index (χ2n) is 6.40. The van der Waals surface area contributed by atoms with E-state index in [1.54, 1.807) is 18.0 Å². The predicted octanol–water partition coefficient (Wildman–Crippen LogP) is -0.438. The van der Waals surface area contributed by atoms with Crippen LogP contribution in [0.25, 0.3) is 0 Å². The number of fused-ring (bicyclic) bond motifs is 1. The van der Waals surface area contributed by atoms with E-state index in [0.29, 0.717) is 36.5 Å². The summed E-state index contributed by atoms with van der Waals surface area (Å²) in [6.45, 7) is 0.905. The molecule has 0 saturated carbocycles. The molecule has 0 bridgehead atoms. The van der Waals surface area contributed by atoms with Crippen molar-refractivity contribution in [3.63, 3.8) is 0 Å². The quantitative estimate of drug-likeness (QED) is 0.484. The Morgan fingerprint density at radius 3 is 3.00 bits per heavy atom. The highest BCUT2D eigenvalue weighted by atomic mass is 16.5. The van der Waals surface area contributed by atoms with Crippen LogP contribution in [0.1, 0.15) is 5.56 Å². The maximum Gasteiger partial charge on any atom is 0.522 e.